The Morgan fingerprint density at radius 2 is 2.07 bits per heavy atom. The molecule has 0 bridgehead atoms. The third-order valence-electron chi connectivity index (χ3n) is 4.03. The fourth-order valence-corrected chi connectivity index (χ4v) is 2.82. The summed E-state index contributed by atoms with van der Waals surface area (Å²) in [7, 11) is 0. The Labute approximate surface area is 152 Å². The van der Waals surface area contributed by atoms with Crippen molar-refractivity contribution in [3.63, 3.8) is 0 Å². The molecule has 1 aromatic heterocycles. The van der Waals surface area contributed by atoms with Gasteiger partial charge in [-0.15, -0.1) is 0 Å². The summed E-state index contributed by atoms with van der Waals surface area (Å²) >= 11 is 0. The molecule has 7 nitrogen and oxygen atoms in total. The van der Waals surface area contributed by atoms with Crippen molar-refractivity contribution in [2.45, 2.75) is 38.8 Å². The molecule has 2 heterocycles. The molecular weight excluding hydrogens is 363 g/mol. The van der Waals surface area contributed by atoms with Gasteiger partial charge >= 0.3 is 6.18 Å². The van der Waals surface area contributed by atoms with Crippen molar-refractivity contribution in [3.8, 4) is 0 Å². The molecule has 1 saturated heterocycles. The lowest BCUT2D eigenvalue weighted by Gasteiger charge is -2.30. The van der Waals surface area contributed by atoms with Gasteiger partial charge in [-0.1, -0.05) is 6.07 Å². The fraction of sp³-hybridized carbons (Fsp3) is 0.353. The summed E-state index contributed by atoms with van der Waals surface area (Å²) in [5.74, 6) is -0.631. The molecule has 1 aliphatic heterocycles. The smallest absolute Gasteiger partial charge is 0.322 e. The second-order valence-corrected chi connectivity index (χ2v) is 6.39. The molecule has 0 radical (unpaired) electrons. The number of nitrogens with zero attached hydrogens (tertiary/aromatic N) is 2. The maximum absolute atomic E-state index is 12.8. The number of benzene rings is 1. The summed E-state index contributed by atoms with van der Waals surface area (Å²) in [6, 6.07) is 5.62. The van der Waals surface area contributed by atoms with E-state index in [4.69, 9.17) is 0 Å². The van der Waals surface area contributed by atoms with Crippen molar-refractivity contribution < 1.29 is 22.8 Å². The van der Waals surface area contributed by atoms with Crippen molar-refractivity contribution in [2.24, 2.45) is 0 Å². The van der Waals surface area contributed by atoms with E-state index in [1.54, 1.807) is 13.0 Å². The highest BCUT2D eigenvalue weighted by molar-refractivity contribution is 6.04. The molecule has 144 valence electrons. The molecule has 2 unspecified atom stereocenters. The van der Waals surface area contributed by atoms with Crippen LogP contribution in [-0.2, 0) is 11.0 Å². The average Bonchev–Trinajstić information content (AvgIpc) is 2.93. The largest absolute Gasteiger partial charge is 0.416 e. The van der Waals surface area contributed by atoms with Gasteiger partial charge in [0.05, 0.1) is 11.3 Å². The van der Waals surface area contributed by atoms with Gasteiger partial charge in [-0.3, -0.25) is 14.9 Å². The average molecular weight is 381 g/mol. The summed E-state index contributed by atoms with van der Waals surface area (Å²) in [6.07, 6.45) is -4.91. The van der Waals surface area contributed by atoms with Crippen LogP contribution in [0, 0.1) is 6.92 Å². The van der Waals surface area contributed by atoms with E-state index in [9.17, 15) is 22.8 Å². The van der Waals surface area contributed by atoms with Gasteiger partial charge in [0.1, 0.15) is 5.82 Å². The van der Waals surface area contributed by atoms with Gasteiger partial charge in [-0.05, 0) is 32.0 Å². The Morgan fingerprint density at radius 1 is 1.33 bits per heavy atom. The lowest BCUT2D eigenvalue weighted by molar-refractivity contribution is -0.137. The lowest BCUT2D eigenvalue weighted by atomic mass is 10.1. The second kappa shape index (κ2) is 7.03. The molecule has 2 amide bonds. The minimum atomic E-state index is -4.54. The molecule has 0 saturated carbocycles. The highest BCUT2D eigenvalue weighted by Gasteiger charge is 2.31. The number of alkyl halides is 3. The van der Waals surface area contributed by atoms with Gasteiger partial charge in [0.25, 0.3) is 5.91 Å². The van der Waals surface area contributed by atoms with Crippen molar-refractivity contribution in [1.82, 2.24) is 20.4 Å². The highest BCUT2D eigenvalue weighted by Crippen LogP contribution is 2.29. The Hall–Kier alpha value is -2.88. The maximum Gasteiger partial charge on any atom is 0.416 e. The van der Waals surface area contributed by atoms with Crippen LogP contribution in [0.5, 0.6) is 0 Å². The van der Waals surface area contributed by atoms with E-state index < -0.39 is 23.9 Å². The van der Waals surface area contributed by atoms with Crippen LogP contribution in [0.4, 0.5) is 19.0 Å². The maximum atomic E-state index is 12.8. The van der Waals surface area contributed by atoms with Crippen LogP contribution in [0.3, 0.4) is 0 Å². The minimum Gasteiger partial charge on any atom is -0.322 e. The molecule has 10 heteroatoms. The molecule has 0 spiro atoms. The van der Waals surface area contributed by atoms with Crippen LogP contribution < -0.4 is 16.0 Å². The molecule has 1 fully saturated rings. The standard InChI is InChI=1S/C17H18F3N5O2/c1-9-7-14(26)23-16(21-9)25-13(6-10(2)24-25)22-15(27)11-4-3-5-12(8-11)17(18,19)20/h3-6,8-9,16,21H,7H2,1-2H3,(H,22,27)(H,23,26). The van der Waals surface area contributed by atoms with E-state index in [0.717, 1.165) is 12.1 Å². The summed E-state index contributed by atoms with van der Waals surface area (Å²) in [5, 5.41) is 12.6. The molecule has 2 aromatic rings. The Kier molecular flexibility index (Phi) is 4.92. The van der Waals surface area contributed by atoms with E-state index in [2.05, 4.69) is 21.0 Å². The normalized spacial score (nSPS) is 20.3. The predicted molar refractivity (Wildman–Crippen MR) is 90.8 cm³/mol. The monoisotopic (exact) mass is 381 g/mol. The summed E-state index contributed by atoms with van der Waals surface area (Å²) in [6.45, 7) is 3.54. The minimum absolute atomic E-state index is 0.0970. The number of anilines is 1. The van der Waals surface area contributed by atoms with Crippen LogP contribution >= 0.6 is 0 Å². The number of rotatable bonds is 3. The third kappa shape index (κ3) is 4.27. The van der Waals surface area contributed by atoms with Crippen molar-refractivity contribution in [3.05, 3.63) is 47.2 Å². The second-order valence-electron chi connectivity index (χ2n) is 6.39. The van der Waals surface area contributed by atoms with Gasteiger partial charge < -0.3 is 10.6 Å². The fourth-order valence-electron chi connectivity index (χ4n) is 2.82. The van der Waals surface area contributed by atoms with Gasteiger partial charge in [-0.25, -0.2) is 4.68 Å². The molecular formula is C17H18F3N5O2. The van der Waals surface area contributed by atoms with Gasteiger partial charge in [0.15, 0.2) is 6.29 Å². The van der Waals surface area contributed by atoms with E-state index in [1.165, 1.54) is 16.8 Å². The number of aromatic nitrogens is 2. The number of nitrogens with one attached hydrogen (secondary N) is 3. The number of amides is 2. The zero-order valence-corrected chi connectivity index (χ0v) is 14.6. The van der Waals surface area contributed by atoms with Crippen molar-refractivity contribution >= 4 is 17.6 Å². The topological polar surface area (TPSA) is 88.0 Å². The molecule has 3 N–H and O–H groups in total. The zero-order chi connectivity index (χ0) is 19.8. The Balaban J connectivity index is 1.84. The molecule has 3 rings (SSSR count). The summed E-state index contributed by atoms with van der Waals surface area (Å²) < 4.78 is 39.9. The van der Waals surface area contributed by atoms with Crippen molar-refractivity contribution in [1.29, 1.82) is 0 Å². The first-order chi connectivity index (χ1) is 12.6. The molecule has 1 aromatic carbocycles. The third-order valence-corrected chi connectivity index (χ3v) is 4.03. The number of hydrogen-bond donors (Lipinski definition) is 3. The van der Waals surface area contributed by atoms with Crippen LogP contribution in [-0.4, -0.2) is 27.6 Å². The first kappa shape index (κ1) is 18.9. The van der Waals surface area contributed by atoms with Crippen molar-refractivity contribution in [2.75, 3.05) is 5.32 Å². The van der Waals surface area contributed by atoms with E-state index in [0.29, 0.717) is 12.1 Å². The molecule has 0 aliphatic carbocycles. The number of carbonyl (C=O) groups is 2. The number of hydrogen-bond acceptors (Lipinski definition) is 4. The molecule has 1 aliphatic rings. The van der Waals surface area contributed by atoms with Gasteiger partial charge in [0, 0.05) is 24.1 Å². The number of aryl methyl sites for hydroxylation is 1. The quantitative estimate of drug-likeness (QED) is 0.762. The van der Waals surface area contributed by atoms with E-state index >= 15 is 0 Å². The molecule has 2 atom stereocenters. The van der Waals surface area contributed by atoms with Crippen LogP contribution in [0.1, 0.15) is 41.2 Å². The van der Waals surface area contributed by atoms with Gasteiger partial charge in [-0.2, -0.15) is 18.3 Å². The molecule has 27 heavy (non-hydrogen) atoms. The first-order valence-electron chi connectivity index (χ1n) is 8.23. The van der Waals surface area contributed by atoms with E-state index in [1.807, 2.05) is 6.92 Å². The van der Waals surface area contributed by atoms with Crippen LogP contribution in [0.2, 0.25) is 0 Å². The SMILES string of the molecule is Cc1cc(NC(=O)c2cccc(C(F)(F)F)c2)n(C2NC(=O)CC(C)N2)n1. The Morgan fingerprint density at radius 3 is 2.74 bits per heavy atom. The van der Waals surface area contributed by atoms with E-state index in [-0.39, 0.29) is 23.3 Å². The predicted octanol–water partition coefficient (Wildman–Crippen LogP) is 2.42. The van der Waals surface area contributed by atoms with Crippen LogP contribution in [0.15, 0.2) is 30.3 Å². The van der Waals surface area contributed by atoms with Gasteiger partial charge in [0.2, 0.25) is 5.91 Å². The number of carbonyl (C=O) groups excluding carboxylic acids is 2. The highest BCUT2D eigenvalue weighted by atomic mass is 19.4. The Bertz CT molecular complexity index is 878. The lowest BCUT2D eigenvalue weighted by Crippen LogP contribution is -2.52. The zero-order valence-electron chi connectivity index (χ0n) is 14.6. The first-order valence-corrected chi connectivity index (χ1v) is 8.23. The number of halogens is 3. The summed E-state index contributed by atoms with van der Waals surface area (Å²) in [4.78, 5) is 24.2. The summed E-state index contributed by atoms with van der Waals surface area (Å²) in [5.41, 5.74) is -0.470. The van der Waals surface area contributed by atoms with Crippen LogP contribution in [0.25, 0.3) is 0 Å².